The minimum Gasteiger partial charge on any atom is -0.426 e. The van der Waals surface area contributed by atoms with Crippen LogP contribution in [0.4, 0.5) is 0 Å². The van der Waals surface area contributed by atoms with E-state index in [1.54, 1.807) is 19.1 Å². The highest BCUT2D eigenvalue weighted by Gasteiger charge is 2.29. The van der Waals surface area contributed by atoms with Crippen LogP contribution in [0.5, 0.6) is 0 Å². The molecule has 0 N–H and O–H groups in total. The van der Waals surface area contributed by atoms with Gasteiger partial charge in [-0.1, -0.05) is 11.6 Å². The summed E-state index contributed by atoms with van der Waals surface area (Å²) < 4.78 is 32.7. The smallest absolute Gasteiger partial charge is 0.252 e. The first-order chi connectivity index (χ1) is 10.9. The molecule has 0 aromatic carbocycles. The van der Waals surface area contributed by atoms with E-state index in [0.29, 0.717) is 52.9 Å². The molecule has 7 nitrogen and oxygen atoms in total. The van der Waals surface area contributed by atoms with E-state index in [0.717, 1.165) is 17.9 Å². The summed E-state index contributed by atoms with van der Waals surface area (Å²) in [5, 5.41) is 7.76. The van der Waals surface area contributed by atoms with Crippen LogP contribution in [-0.4, -0.2) is 60.5 Å². The summed E-state index contributed by atoms with van der Waals surface area (Å²) in [4.78, 5) is 2.20. The number of hydrogen-bond acceptors (Lipinski definition) is 7. The predicted octanol–water partition coefficient (Wildman–Crippen LogP) is 1.64. The number of aryl methyl sites for hydroxylation is 1. The van der Waals surface area contributed by atoms with E-state index in [9.17, 15) is 8.42 Å². The number of thiophene rings is 1. The lowest BCUT2D eigenvalue weighted by molar-refractivity contribution is 0.187. The molecular weight excluding hydrogens is 360 g/mol. The molecule has 10 heteroatoms. The maximum absolute atomic E-state index is 12.5. The van der Waals surface area contributed by atoms with Crippen LogP contribution in [0.15, 0.2) is 20.8 Å². The van der Waals surface area contributed by atoms with Gasteiger partial charge in [-0.3, -0.25) is 0 Å². The second-order valence-corrected chi connectivity index (χ2v) is 9.15. The molecule has 2 aromatic heterocycles. The number of halogens is 1. The van der Waals surface area contributed by atoms with Crippen molar-refractivity contribution < 1.29 is 12.8 Å². The molecule has 1 aliphatic heterocycles. The molecule has 0 radical (unpaired) electrons. The third-order valence-corrected chi connectivity index (χ3v) is 7.28. The highest BCUT2D eigenvalue weighted by Crippen LogP contribution is 2.28. The zero-order valence-electron chi connectivity index (χ0n) is 12.6. The molecule has 0 atom stereocenters. The molecule has 0 bridgehead atoms. The highest BCUT2D eigenvalue weighted by molar-refractivity contribution is 7.91. The Hall–Kier alpha value is -1.00. The van der Waals surface area contributed by atoms with Gasteiger partial charge in [0.1, 0.15) is 4.21 Å². The first-order valence-electron chi connectivity index (χ1n) is 7.22. The zero-order valence-corrected chi connectivity index (χ0v) is 15.0. The maximum Gasteiger partial charge on any atom is 0.252 e. The number of rotatable bonds is 5. The van der Waals surface area contributed by atoms with Crippen LogP contribution in [0.3, 0.4) is 0 Å². The second kappa shape index (κ2) is 6.86. The Morgan fingerprint density at radius 1 is 1.26 bits per heavy atom. The lowest BCUT2D eigenvalue weighted by Gasteiger charge is -2.33. The van der Waals surface area contributed by atoms with Crippen molar-refractivity contribution in [3.63, 3.8) is 0 Å². The van der Waals surface area contributed by atoms with E-state index in [1.165, 1.54) is 4.31 Å². The highest BCUT2D eigenvalue weighted by atomic mass is 35.5. The summed E-state index contributed by atoms with van der Waals surface area (Å²) in [6, 6.07) is 3.17. The average Bonchev–Trinajstić information content (AvgIpc) is 3.14. The molecule has 1 aliphatic rings. The minimum absolute atomic E-state index is 0.303. The van der Waals surface area contributed by atoms with Crippen molar-refractivity contribution in [1.82, 2.24) is 19.4 Å². The summed E-state index contributed by atoms with van der Waals surface area (Å²) >= 11 is 6.93. The van der Waals surface area contributed by atoms with E-state index in [-0.39, 0.29) is 0 Å². The fraction of sp³-hybridized carbons (Fsp3) is 0.538. The van der Waals surface area contributed by atoms with Crippen molar-refractivity contribution in [2.75, 3.05) is 32.7 Å². The summed E-state index contributed by atoms with van der Waals surface area (Å²) in [6.45, 7) is 4.86. The van der Waals surface area contributed by atoms with Crippen molar-refractivity contribution in [2.45, 2.75) is 17.6 Å². The molecule has 2 aromatic rings. The SMILES string of the molecule is Cc1nnc(CCN2CCN(S(=O)(=O)c3ccc(Cl)s3)CC2)o1. The molecule has 126 valence electrons. The van der Waals surface area contributed by atoms with Crippen molar-refractivity contribution in [1.29, 1.82) is 0 Å². The van der Waals surface area contributed by atoms with Gasteiger partial charge in [-0.25, -0.2) is 8.42 Å². The van der Waals surface area contributed by atoms with Crippen LogP contribution < -0.4 is 0 Å². The Labute approximate surface area is 143 Å². The quantitative estimate of drug-likeness (QED) is 0.789. The number of nitrogens with zero attached hydrogens (tertiary/aromatic N) is 4. The largest absolute Gasteiger partial charge is 0.426 e. The van der Waals surface area contributed by atoms with Gasteiger partial charge in [0, 0.05) is 46.1 Å². The van der Waals surface area contributed by atoms with Gasteiger partial charge < -0.3 is 9.32 Å². The molecule has 3 heterocycles. The molecule has 0 amide bonds. The van der Waals surface area contributed by atoms with Gasteiger partial charge in [0.05, 0.1) is 4.34 Å². The van der Waals surface area contributed by atoms with Crippen LogP contribution in [0, 0.1) is 6.92 Å². The fourth-order valence-corrected chi connectivity index (χ4v) is 5.51. The van der Waals surface area contributed by atoms with Crippen molar-refractivity contribution >= 4 is 33.0 Å². The predicted molar refractivity (Wildman–Crippen MR) is 87.3 cm³/mol. The van der Waals surface area contributed by atoms with Gasteiger partial charge in [0.15, 0.2) is 0 Å². The molecule has 0 aliphatic carbocycles. The first-order valence-corrected chi connectivity index (χ1v) is 9.85. The zero-order chi connectivity index (χ0) is 16.4. The van der Waals surface area contributed by atoms with Crippen LogP contribution >= 0.6 is 22.9 Å². The molecular formula is C13H17ClN4O3S2. The summed E-state index contributed by atoms with van der Waals surface area (Å²) in [5.74, 6) is 1.18. The molecule has 3 rings (SSSR count). The van der Waals surface area contributed by atoms with E-state index in [1.807, 2.05) is 0 Å². The summed E-state index contributed by atoms with van der Waals surface area (Å²) in [5.41, 5.74) is 0. The normalized spacial score (nSPS) is 17.7. The molecule has 0 unspecified atom stereocenters. The van der Waals surface area contributed by atoms with Crippen molar-refractivity contribution in [3.05, 3.63) is 28.3 Å². The number of piperazine rings is 1. The van der Waals surface area contributed by atoms with Gasteiger partial charge >= 0.3 is 0 Å². The first kappa shape index (κ1) is 16.8. The van der Waals surface area contributed by atoms with Gasteiger partial charge in [-0.15, -0.1) is 21.5 Å². The van der Waals surface area contributed by atoms with E-state index in [4.69, 9.17) is 16.0 Å². The Morgan fingerprint density at radius 3 is 2.57 bits per heavy atom. The van der Waals surface area contributed by atoms with E-state index < -0.39 is 10.0 Å². The lowest BCUT2D eigenvalue weighted by atomic mass is 10.3. The lowest BCUT2D eigenvalue weighted by Crippen LogP contribution is -2.48. The third-order valence-electron chi connectivity index (χ3n) is 3.68. The Bertz CT molecular complexity index is 766. The molecule has 23 heavy (non-hydrogen) atoms. The van der Waals surface area contributed by atoms with Gasteiger partial charge in [0.25, 0.3) is 10.0 Å². The summed E-state index contributed by atoms with van der Waals surface area (Å²) in [7, 11) is -3.43. The molecule has 0 saturated carbocycles. The third kappa shape index (κ3) is 3.92. The topological polar surface area (TPSA) is 79.5 Å². The van der Waals surface area contributed by atoms with Crippen molar-refractivity contribution in [3.8, 4) is 0 Å². The summed E-state index contributed by atoms with van der Waals surface area (Å²) in [6.07, 6.45) is 0.675. The Morgan fingerprint density at radius 2 is 2.00 bits per heavy atom. The van der Waals surface area contributed by atoms with Crippen molar-refractivity contribution in [2.24, 2.45) is 0 Å². The maximum atomic E-state index is 12.5. The minimum atomic E-state index is -3.43. The second-order valence-electron chi connectivity index (χ2n) is 5.27. The number of aromatic nitrogens is 2. The fourth-order valence-electron chi connectivity index (χ4n) is 2.45. The Balaban J connectivity index is 1.54. The van der Waals surface area contributed by atoms with E-state index in [2.05, 4.69) is 15.1 Å². The van der Waals surface area contributed by atoms with E-state index >= 15 is 0 Å². The Kier molecular flexibility index (Phi) is 5.02. The monoisotopic (exact) mass is 376 g/mol. The standard InChI is InChI=1S/C13H17ClN4O3S2/c1-10-15-16-12(21-10)4-5-17-6-8-18(9-7-17)23(19,20)13-3-2-11(14)22-13/h2-3H,4-9H2,1H3. The number of sulfonamides is 1. The average molecular weight is 377 g/mol. The van der Waals surface area contributed by atoms with Gasteiger partial charge in [0.2, 0.25) is 11.8 Å². The van der Waals surface area contributed by atoms with Crippen LogP contribution in [0.25, 0.3) is 0 Å². The van der Waals surface area contributed by atoms with Crippen LogP contribution in [-0.2, 0) is 16.4 Å². The molecule has 0 spiro atoms. The molecule has 1 saturated heterocycles. The van der Waals surface area contributed by atoms with Crippen LogP contribution in [0.1, 0.15) is 11.8 Å². The van der Waals surface area contributed by atoms with Gasteiger partial charge in [-0.2, -0.15) is 4.31 Å². The van der Waals surface area contributed by atoms with Crippen LogP contribution in [0.2, 0.25) is 4.34 Å². The number of hydrogen-bond donors (Lipinski definition) is 0. The molecule has 1 fully saturated rings. The van der Waals surface area contributed by atoms with Gasteiger partial charge in [-0.05, 0) is 12.1 Å².